The van der Waals surface area contributed by atoms with Crippen molar-refractivity contribution in [1.82, 2.24) is 25.5 Å². The van der Waals surface area contributed by atoms with Gasteiger partial charge in [0.05, 0.1) is 5.41 Å². The van der Waals surface area contributed by atoms with Gasteiger partial charge in [0.2, 0.25) is 5.91 Å². The van der Waals surface area contributed by atoms with Gasteiger partial charge in [0.25, 0.3) is 0 Å². The van der Waals surface area contributed by atoms with Crippen LogP contribution in [-0.4, -0.2) is 53.0 Å². The topological polar surface area (TPSA) is 90.1 Å². The second-order valence-corrected chi connectivity index (χ2v) is 11.3. The molecule has 0 saturated carbocycles. The third kappa shape index (κ3) is 6.96. The van der Waals surface area contributed by atoms with Gasteiger partial charge in [-0.15, -0.1) is 0 Å². The van der Waals surface area contributed by atoms with Crippen LogP contribution in [0.25, 0.3) is 22.2 Å². The van der Waals surface area contributed by atoms with Crippen molar-refractivity contribution in [2.24, 2.45) is 0 Å². The number of fused-ring (bicyclic) bond motifs is 1. The van der Waals surface area contributed by atoms with Crippen molar-refractivity contribution in [2.75, 3.05) is 26.2 Å². The van der Waals surface area contributed by atoms with Gasteiger partial charge in [0, 0.05) is 55.2 Å². The Kier molecular flexibility index (Phi) is 9.48. The van der Waals surface area contributed by atoms with Crippen molar-refractivity contribution < 1.29 is 9.59 Å². The highest BCUT2D eigenvalue weighted by atomic mass is 16.2. The van der Waals surface area contributed by atoms with Crippen molar-refractivity contribution in [2.45, 2.75) is 59.8 Å². The number of aromatic amines is 1. The van der Waals surface area contributed by atoms with Crippen LogP contribution >= 0.6 is 0 Å². The number of nitrogens with one attached hydrogen (secondary N) is 3. The van der Waals surface area contributed by atoms with E-state index in [-0.39, 0.29) is 11.9 Å². The lowest BCUT2D eigenvalue weighted by molar-refractivity contribution is -0.135. The molecule has 3 amide bonds. The number of pyridine rings is 1. The fraction of sp³-hybridized carbons (Fsp3) is 0.382. The largest absolute Gasteiger partial charge is 0.354 e. The van der Waals surface area contributed by atoms with Gasteiger partial charge < -0.3 is 20.5 Å². The van der Waals surface area contributed by atoms with Crippen LogP contribution in [0.4, 0.5) is 4.79 Å². The third-order valence-electron chi connectivity index (χ3n) is 7.83. The predicted molar refractivity (Wildman–Crippen MR) is 167 cm³/mol. The molecular formula is C34H43N5O2. The first-order valence-corrected chi connectivity index (χ1v) is 14.6. The molecule has 0 aliphatic carbocycles. The van der Waals surface area contributed by atoms with Crippen molar-refractivity contribution in [1.29, 1.82) is 0 Å². The van der Waals surface area contributed by atoms with Crippen LogP contribution in [0.3, 0.4) is 0 Å². The average Bonchev–Trinajstić information content (AvgIpc) is 3.31. The van der Waals surface area contributed by atoms with E-state index in [0.717, 1.165) is 45.3 Å². The highest BCUT2D eigenvalue weighted by Crippen LogP contribution is 2.35. The monoisotopic (exact) mass is 553 g/mol. The summed E-state index contributed by atoms with van der Waals surface area (Å²) in [5.41, 5.74) is 8.17. The molecule has 0 atom stereocenters. The van der Waals surface area contributed by atoms with Crippen LogP contribution < -0.4 is 10.6 Å². The maximum absolute atomic E-state index is 13.4. The Morgan fingerprint density at radius 3 is 2.15 bits per heavy atom. The molecule has 4 aromatic rings. The van der Waals surface area contributed by atoms with Crippen LogP contribution in [0, 0.1) is 13.8 Å². The van der Waals surface area contributed by atoms with Crippen LogP contribution in [0.1, 0.15) is 55.5 Å². The maximum Gasteiger partial charge on any atom is 0.314 e. The fourth-order valence-electron chi connectivity index (χ4n) is 5.52. The molecule has 7 nitrogen and oxygen atoms in total. The first-order chi connectivity index (χ1) is 19.6. The molecule has 2 aromatic heterocycles. The van der Waals surface area contributed by atoms with Gasteiger partial charge in [-0.3, -0.25) is 9.78 Å². The quantitative estimate of drug-likeness (QED) is 0.210. The molecule has 216 valence electrons. The Bertz CT molecular complexity index is 1480. The van der Waals surface area contributed by atoms with Crippen LogP contribution in [0.2, 0.25) is 0 Å². The molecule has 0 spiro atoms. The van der Waals surface area contributed by atoms with E-state index in [1.54, 1.807) is 12.4 Å². The summed E-state index contributed by atoms with van der Waals surface area (Å²) in [5, 5.41) is 7.06. The number of aryl methyl sites for hydroxylation is 2. The van der Waals surface area contributed by atoms with E-state index in [4.69, 9.17) is 0 Å². The zero-order valence-corrected chi connectivity index (χ0v) is 25.2. The summed E-state index contributed by atoms with van der Waals surface area (Å²) in [5.74, 6) is 0.124. The number of carbonyl (C=O) groups excluding carboxylic acids is 2. The summed E-state index contributed by atoms with van der Waals surface area (Å²) in [6.07, 6.45) is 4.92. The summed E-state index contributed by atoms with van der Waals surface area (Å²) < 4.78 is 0. The minimum atomic E-state index is -0.665. The van der Waals surface area contributed by atoms with E-state index >= 15 is 0 Å². The van der Waals surface area contributed by atoms with Gasteiger partial charge in [-0.25, -0.2) is 4.79 Å². The Morgan fingerprint density at radius 2 is 1.51 bits per heavy atom. The molecule has 41 heavy (non-hydrogen) atoms. The van der Waals surface area contributed by atoms with Crippen LogP contribution in [-0.2, 0) is 23.1 Å². The molecule has 0 bridgehead atoms. The van der Waals surface area contributed by atoms with Gasteiger partial charge >= 0.3 is 6.03 Å². The number of H-pyrrole nitrogens is 1. The van der Waals surface area contributed by atoms with Gasteiger partial charge in [0.1, 0.15) is 0 Å². The summed E-state index contributed by atoms with van der Waals surface area (Å²) in [4.78, 5) is 35.6. The molecule has 0 aliphatic heterocycles. The average molecular weight is 554 g/mol. The summed E-state index contributed by atoms with van der Waals surface area (Å²) >= 11 is 0. The molecule has 3 N–H and O–H groups in total. The number of rotatable bonds is 11. The number of likely N-dealkylation sites (N-methyl/N-ethyl adjacent to an activating group) is 1. The smallest absolute Gasteiger partial charge is 0.314 e. The summed E-state index contributed by atoms with van der Waals surface area (Å²) in [6, 6.07) is 16.6. The van der Waals surface area contributed by atoms with Gasteiger partial charge in [-0.2, -0.15) is 0 Å². The second-order valence-electron chi connectivity index (χ2n) is 11.3. The number of hydrogen-bond acceptors (Lipinski definition) is 3. The van der Waals surface area contributed by atoms with Crippen molar-refractivity contribution in [3.8, 4) is 11.3 Å². The normalized spacial score (nSPS) is 11.5. The molecule has 0 aliphatic rings. The highest BCUT2D eigenvalue weighted by Gasteiger charge is 2.33. The molecule has 0 radical (unpaired) electrons. The number of hydrogen-bond donors (Lipinski definition) is 3. The fourth-order valence-corrected chi connectivity index (χ4v) is 5.52. The van der Waals surface area contributed by atoms with E-state index in [9.17, 15) is 9.59 Å². The van der Waals surface area contributed by atoms with Crippen LogP contribution in [0.5, 0.6) is 0 Å². The molecule has 0 unspecified atom stereocenters. The molecule has 7 heteroatoms. The lowest BCUT2D eigenvalue weighted by Crippen LogP contribution is -2.43. The lowest BCUT2D eigenvalue weighted by Gasteiger charge is -2.31. The Balaban J connectivity index is 1.60. The van der Waals surface area contributed by atoms with Crippen molar-refractivity contribution >= 4 is 22.8 Å². The number of urea groups is 1. The number of nitrogens with zero attached hydrogens (tertiary/aromatic N) is 2. The zero-order valence-electron chi connectivity index (χ0n) is 25.2. The minimum Gasteiger partial charge on any atom is -0.354 e. The Labute approximate surface area is 243 Å². The molecule has 2 aromatic carbocycles. The van der Waals surface area contributed by atoms with Crippen molar-refractivity contribution in [3.05, 3.63) is 88.7 Å². The van der Waals surface area contributed by atoms with Crippen LogP contribution in [0.15, 0.2) is 60.9 Å². The molecule has 2 heterocycles. The summed E-state index contributed by atoms with van der Waals surface area (Å²) in [7, 11) is 0. The number of aromatic nitrogens is 2. The van der Waals surface area contributed by atoms with E-state index in [2.05, 4.69) is 70.8 Å². The molecule has 0 saturated heterocycles. The predicted octanol–water partition coefficient (Wildman–Crippen LogP) is 6.08. The van der Waals surface area contributed by atoms with E-state index in [0.29, 0.717) is 32.6 Å². The second kappa shape index (κ2) is 13.0. The number of amides is 3. The zero-order chi connectivity index (χ0) is 29.6. The highest BCUT2D eigenvalue weighted by molar-refractivity contribution is 5.94. The van der Waals surface area contributed by atoms with E-state index in [1.807, 2.05) is 44.7 Å². The van der Waals surface area contributed by atoms with E-state index in [1.165, 1.54) is 11.1 Å². The standard InChI is InChI=1S/C34H43N5O2/c1-7-39(8-2)32(40)34(5,6)27-9-10-30-29(22-27)28(31(38-30)26-20-23(3)19-24(4)21-26)14-18-37-33(41)36-17-13-25-11-15-35-16-12-25/h9-12,15-16,19-22,38H,7-8,13-14,17-18H2,1-6H3,(H2,36,37,41). The number of benzene rings is 2. The Hall–Kier alpha value is -4.13. The van der Waals surface area contributed by atoms with Gasteiger partial charge in [-0.1, -0.05) is 23.3 Å². The first-order valence-electron chi connectivity index (χ1n) is 14.6. The van der Waals surface area contributed by atoms with E-state index < -0.39 is 5.41 Å². The molecule has 0 fully saturated rings. The Morgan fingerprint density at radius 1 is 0.878 bits per heavy atom. The maximum atomic E-state index is 13.4. The first kappa shape index (κ1) is 29.8. The molecular weight excluding hydrogens is 510 g/mol. The number of carbonyl (C=O) groups is 2. The SMILES string of the molecule is CCN(CC)C(=O)C(C)(C)c1ccc2[nH]c(-c3cc(C)cc(C)c3)c(CCNC(=O)NCCc3ccncc3)c2c1. The van der Waals surface area contributed by atoms with Crippen molar-refractivity contribution in [3.63, 3.8) is 0 Å². The van der Waals surface area contributed by atoms with Gasteiger partial charge in [0.15, 0.2) is 0 Å². The summed E-state index contributed by atoms with van der Waals surface area (Å²) in [6.45, 7) is 14.7. The third-order valence-corrected chi connectivity index (χ3v) is 7.83. The molecule has 4 rings (SSSR count). The minimum absolute atomic E-state index is 0.124. The lowest BCUT2D eigenvalue weighted by atomic mass is 9.82. The van der Waals surface area contributed by atoms with Gasteiger partial charge in [-0.05, 0) is 113 Å².